The Morgan fingerprint density at radius 3 is 2.79 bits per heavy atom. The van der Waals surface area contributed by atoms with E-state index in [1.807, 2.05) is 0 Å². The van der Waals surface area contributed by atoms with E-state index < -0.39 is 5.82 Å². The molecule has 4 nitrogen and oxygen atoms in total. The van der Waals surface area contributed by atoms with E-state index in [1.54, 1.807) is 12.1 Å². The van der Waals surface area contributed by atoms with Crippen LogP contribution in [0.1, 0.15) is 0 Å². The number of nitrogens with two attached hydrogens (primary N) is 1. The molecule has 0 aliphatic rings. The Hall–Kier alpha value is -1.53. The normalized spacial score (nSPS) is 10.3. The first kappa shape index (κ1) is 13.9. The third-order valence-corrected chi connectivity index (χ3v) is 3.27. The van der Waals surface area contributed by atoms with Gasteiger partial charge in [0, 0.05) is 4.47 Å². The first-order chi connectivity index (χ1) is 9.01. The molecule has 0 saturated carbocycles. The molecule has 0 radical (unpaired) electrons. The van der Waals surface area contributed by atoms with E-state index in [0.29, 0.717) is 27.5 Å². The maximum atomic E-state index is 13.1. The van der Waals surface area contributed by atoms with Gasteiger partial charge in [0.25, 0.3) is 0 Å². The zero-order valence-corrected chi connectivity index (χ0v) is 12.2. The van der Waals surface area contributed by atoms with Gasteiger partial charge in [-0.15, -0.1) is 0 Å². The van der Waals surface area contributed by atoms with Crippen molar-refractivity contribution >= 4 is 44.7 Å². The van der Waals surface area contributed by atoms with Crippen LogP contribution in [-0.2, 0) is 0 Å². The molecule has 2 rings (SSSR count). The minimum atomic E-state index is -0.426. The van der Waals surface area contributed by atoms with Crippen LogP contribution >= 0.6 is 27.5 Å². The van der Waals surface area contributed by atoms with Crippen molar-refractivity contribution in [1.82, 2.24) is 4.98 Å². The second kappa shape index (κ2) is 5.63. The Balaban J connectivity index is 2.36. The number of hydrogen-bond acceptors (Lipinski definition) is 4. The molecule has 0 amide bonds. The van der Waals surface area contributed by atoms with Gasteiger partial charge in [0.05, 0.1) is 23.5 Å². The van der Waals surface area contributed by atoms with Gasteiger partial charge in [-0.3, -0.25) is 0 Å². The number of methoxy groups -OCH3 is 1. The number of nitrogen functional groups attached to an aromatic ring is 1. The van der Waals surface area contributed by atoms with Gasteiger partial charge in [0.2, 0.25) is 5.88 Å². The van der Waals surface area contributed by atoms with Crippen LogP contribution in [0.15, 0.2) is 28.7 Å². The summed E-state index contributed by atoms with van der Waals surface area (Å²) in [4.78, 5) is 4.16. The number of rotatable bonds is 3. The number of anilines is 3. The molecule has 0 aliphatic heterocycles. The third kappa shape index (κ3) is 3.08. The predicted molar refractivity (Wildman–Crippen MR) is 77.6 cm³/mol. The summed E-state index contributed by atoms with van der Waals surface area (Å²) < 4.78 is 18.6. The van der Waals surface area contributed by atoms with E-state index in [2.05, 4.69) is 26.2 Å². The molecule has 1 aromatic carbocycles. The van der Waals surface area contributed by atoms with E-state index in [9.17, 15) is 4.39 Å². The summed E-state index contributed by atoms with van der Waals surface area (Å²) in [6.45, 7) is 0. The SMILES string of the molecule is COc1nc(Nc2c(Cl)cc(F)cc2Br)ccc1N. The lowest BCUT2D eigenvalue weighted by Crippen LogP contribution is -2.00. The van der Waals surface area contributed by atoms with Gasteiger partial charge >= 0.3 is 0 Å². The second-order valence-corrected chi connectivity index (χ2v) is 4.93. The minimum Gasteiger partial charge on any atom is -0.479 e. The lowest BCUT2D eigenvalue weighted by molar-refractivity contribution is 0.401. The van der Waals surface area contributed by atoms with Crippen molar-refractivity contribution in [2.45, 2.75) is 0 Å². The van der Waals surface area contributed by atoms with E-state index in [-0.39, 0.29) is 5.02 Å². The van der Waals surface area contributed by atoms with Gasteiger partial charge in [-0.1, -0.05) is 11.6 Å². The van der Waals surface area contributed by atoms with E-state index in [0.717, 1.165) is 0 Å². The Morgan fingerprint density at radius 2 is 2.16 bits per heavy atom. The summed E-state index contributed by atoms with van der Waals surface area (Å²) in [5, 5.41) is 3.22. The molecule has 0 aliphatic carbocycles. The number of pyridine rings is 1. The number of hydrogen-bond donors (Lipinski definition) is 2. The third-order valence-electron chi connectivity index (χ3n) is 2.34. The van der Waals surface area contributed by atoms with E-state index in [1.165, 1.54) is 19.2 Å². The van der Waals surface area contributed by atoms with Gasteiger partial charge in [0.15, 0.2) is 0 Å². The smallest absolute Gasteiger partial charge is 0.238 e. The van der Waals surface area contributed by atoms with Crippen LogP contribution in [0.5, 0.6) is 5.88 Å². The molecular weight excluding hydrogens is 337 g/mol. The van der Waals surface area contributed by atoms with Crippen molar-refractivity contribution in [3.8, 4) is 5.88 Å². The fourth-order valence-corrected chi connectivity index (χ4v) is 2.37. The van der Waals surface area contributed by atoms with Crippen molar-refractivity contribution in [2.24, 2.45) is 0 Å². The molecule has 100 valence electrons. The maximum absolute atomic E-state index is 13.1. The van der Waals surface area contributed by atoms with Crippen LogP contribution in [0.4, 0.5) is 21.6 Å². The highest BCUT2D eigenvalue weighted by atomic mass is 79.9. The maximum Gasteiger partial charge on any atom is 0.238 e. The summed E-state index contributed by atoms with van der Waals surface area (Å²) in [6.07, 6.45) is 0. The van der Waals surface area contributed by atoms with E-state index in [4.69, 9.17) is 22.1 Å². The fourth-order valence-electron chi connectivity index (χ4n) is 1.47. The number of benzene rings is 1. The summed E-state index contributed by atoms with van der Waals surface area (Å²) in [7, 11) is 1.48. The van der Waals surface area contributed by atoms with Crippen LogP contribution in [0, 0.1) is 5.82 Å². The molecule has 2 aromatic rings. The quantitative estimate of drug-likeness (QED) is 0.883. The Kier molecular flexibility index (Phi) is 4.11. The average Bonchev–Trinajstić information content (AvgIpc) is 2.35. The zero-order chi connectivity index (χ0) is 14.0. The molecule has 19 heavy (non-hydrogen) atoms. The second-order valence-electron chi connectivity index (χ2n) is 3.66. The lowest BCUT2D eigenvalue weighted by Gasteiger charge is -2.11. The van der Waals surface area contributed by atoms with Gasteiger partial charge in [0.1, 0.15) is 11.6 Å². The molecule has 1 heterocycles. The van der Waals surface area contributed by atoms with Gasteiger partial charge in [-0.25, -0.2) is 4.39 Å². The molecule has 0 fully saturated rings. The highest BCUT2D eigenvalue weighted by molar-refractivity contribution is 9.10. The number of nitrogens with zero attached hydrogens (tertiary/aromatic N) is 1. The number of aromatic nitrogens is 1. The van der Waals surface area contributed by atoms with E-state index >= 15 is 0 Å². The van der Waals surface area contributed by atoms with Crippen LogP contribution < -0.4 is 15.8 Å². The van der Waals surface area contributed by atoms with Crippen molar-refractivity contribution in [1.29, 1.82) is 0 Å². The first-order valence-corrected chi connectivity index (χ1v) is 6.40. The molecule has 0 saturated heterocycles. The standard InChI is InChI=1S/C12H10BrClFN3O/c1-19-12-9(16)2-3-10(18-12)17-11-7(13)4-6(15)5-8(11)14/h2-5H,16H2,1H3,(H,17,18). The van der Waals surface area contributed by atoms with Crippen LogP contribution in [0.25, 0.3) is 0 Å². The summed E-state index contributed by atoms with van der Waals surface area (Å²) in [5.41, 5.74) is 6.62. The summed E-state index contributed by atoms with van der Waals surface area (Å²) >= 11 is 9.21. The number of halogens is 3. The van der Waals surface area contributed by atoms with Gasteiger partial charge in [-0.05, 0) is 40.2 Å². The largest absolute Gasteiger partial charge is 0.479 e. The Bertz CT molecular complexity index is 601. The lowest BCUT2D eigenvalue weighted by atomic mass is 10.3. The first-order valence-electron chi connectivity index (χ1n) is 5.23. The van der Waals surface area contributed by atoms with Crippen molar-refractivity contribution in [2.75, 3.05) is 18.2 Å². The number of ether oxygens (including phenoxy) is 1. The van der Waals surface area contributed by atoms with Crippen molar-refractivity contribution in [3.63, 3.8) is 0 Å². The fraction of sp³-hybridized carbons (Fsp3) is 0.0833. The monoisotopic (exact) mass is 345 g/mol. The molecule has 0 bridgehead atoms. The van der Waals surface area contributed by atoms with Crippen LogP contribution in [0.3, 0.4) is 0 Å². The van der Waals surface area contributed by atoms with Crippen LogP contribution in [-0.4, -0.2) is 12.1 Å². The molecular formula is C12H10BrClFN3O. The topological polar surface area (TPSA) is 60.2 Å². The molecule has 3 N–H and O–H groups in total. The predicted octanol–water partition coefficient (Wildman–Crippen LogP) is 3.97. The Morgan fingerprint density at radius 1 is 1.42 bits per heavy atom. The zero-order valence-electron chi connectivity index (χ0n) is 9.88. The molecule has 0 atom stereocenters. The highest BCUT2D eigenvalue weighted by Crippen LogP contribution is 2.34. The highest BCUT2D eigenvalue weighted by Gasteiger charge is 2.10. The summed E-state index contributed by atoms with van der Waals surface area (Å²) in [6, 6.07) is 5.84. The van der Waals surface area contributed by atoms with Gasteiger partial charge in [-0.2, -0.15) is 4.98 Å². The minimum absolute atomic E-state index is 0.240. The number of nitrogens with one attached hydrogen (secondary N) is 1. The average molecular weight is 347 g/mol. The molecule has 0 unspecified atom stereocenters. The van der Waals surface area contributed by atoms with Gasteiger partial charge < -0.3 is 15.8 Å². The van der Waals surface area contributed by atoms with Crippen molar-refractivity contribution < 1.29 is 9.13 Å². The van der Waals surface area contributed by atoms with Crippen molar-refractivity contribution in [3.05, 3.63) is 39.6 Å². The Labute approximate surface area is 122 Å². The summed E-state index contributed by atoms with van der Waals surface area (Å²) in [5.74, 6) is 0.366. The molecule has 7 heteroatoms. The molecule has 1 aromatic heterocycles. The van der Waals surface area contributed by atoms with Crippen LogP contribution in [0.2, 0.25) is 5.02 Å². The molecule has 0 spiro atoms.